The van der Waals surface area contributed by atoms with Gasteiger partial charge in [0.2, 0.25) is 0 Å². The quantitative estimate of drug-likeness (QED) is 0.340. The van der Waals surface area contributed by atoms with Gasteiger partial charge in [-0.1, -0.05) is 0 Å². The third-order valence-corrected chi connectivity index (χ3v) is 1.58. The minimum atomic E-state index is -4.79. The minimum absolute atomic E-state index is 0.886. The number of nitrogens with two attached hydrogens (primary N) is 1. The molecule has 0 saturated heterocycles. The number of halogens is 6. The molecule has 9 heteroatoms. The highest BCUT2D eigenvalue weighted by molar-refractivity contribution is 5.80. The van der Waals surface area contributed by atoms with Crippen LogP contribution in [0.25, 0.3) is 0 Å². The molecule has 0 radical (unpaired) electrons. The summed E-state index contributed by atoms with van der Waals surface area (Å²) in [5.74, 6) is -3.54. The maximum atomic E-state index is 12.1. The number of amidine groups is 1. The third-order valence-electron chi connectivity index (χ3n) is 1.58. The van der Waals surface area contributed by atoms with Crippen LogP contribution < -0.4 is 5.73 Å². The highest BCUT2D eigenvalue weighted by Crippen LogP contribution is 2.26. The smallest absolute Gasteiger partial charge is 0.387 e. The number of hydrogen-bond donors (Lipinski definition) is 2. The minimum Gasteiger partial charge on any atom is -0.387 e. The van der Waals surface area contributed by atoms with E-state index in [1.54, 1.807) is 0 Å². The van der Waals surface area contributed by atoms with E-state index in [0.29, 0.717) is 0 Å². The van der Waals surface area contributed by atoms with Crippen LogP contribution in [-0.2, 0) is 4.74 Å². The summed E-state index contributed by atoms with van der Waals surface area (Å²) >= 11 is 0. The summed E-state index contributed by atoms with van der Waals surface area (Å²) in [6, 6.07) is 0. The Morgan fingerprint density at radius 3 is 2.00 bits per heavy atom. The van der Waals surface area contributed by atoms with E-state index >= 15 is 0 Å². The molecule has 0 aromatic carbocycles. The maximum absolute atomic E-state index is 12.1. The summed E-state index contributed by atoms with van der Waals surface area (Å²) in [4.78, 5) is 0. The molecule has 0 rings (SSSR count). The SMILES string of the molecule is N=C(N)C(COCCC(F)(F)F)C(F)(F)F. The zero-order chi connectivity index (χ0) is 13.0. The van der Waals surface area contributed by atoms with Gasteiger partial charge in [0.05, 0.1) is 19.6 Å². The van der Waals surface area contributed by atoms with Gasteiger partial charge in [-0.05, 0) is 0 Å². The van der Waals surface area contributed by atoms with E-state index < -0.39 is 43.7 Å². The van der Waals surface area contributed by atoms with Crippen LogP contribution in [0, 0.1) is 11.3 Å². The van der Waals surface area contributed by atoms with Crippen molar-refractivity contribution >= 4 is 5.84 Å². The first-order valence-corrected chi connectivity index (χ1v) is 4.09. The van der Waals surface area contributed by atoms with Gasteiger partial charge in [-0.15, -0.1) is 0 Å². The van der Waals surface area contributed by atoms with Gasteiger partial charge in [-0.25, -0.2) is 0 Å². The van der Waals surface area contributed by atoms with Crippen LogP contribution in [0.4, 0.5) is 26.3 Å². The standard InChI is InChI=1S/C7H10F6N2O/c8-6(9,10)1-2-16-3-4(5(14)15)7(11,12)13/h4H,1-3H2,(H3,14,15). The van der Waals surface area contributed by atoms with E-state index in [-0.39, 0.29) is 0 Å². The molecule has 0 aromatic heterocycles. The Kier molecular flexibility index (Phi) is 5.04. The lowest BCUT2D eigenvalue weighted by Crippen LogP contribution is -2.38. The molecule has 0 aliphatic carbocycles. The average Bonchev–Trinajstić information content (AvgIpc) is 1.97. The normalized spacial score (nSPS) is 14.9. The van der Waals surface area contributed by atoms with Gasteiger partial charge >= 0.3 is 12.4 Å². The van der Waals surface area contributed by atoms with Gasteiger partial charge in [0.25, 0.3) is 0 Å². The van der Waals surface area contributed by atoms with Crippen LogP contribution in [-0.4, -0.2) is 31.4 Å². The predicted molar refractivity (Wildman–Crippen MR) is 43.0 cm³/mol. The molecular weight excluding hydrogens is 242 g/mol. The zero-order valence-electron chi connectivity index (χ0n) is 7.95. The lowest BCUT2D eigenvalue weighted by molar-refractivity contribution is -0.174. The molecule has 0 bridgehead atoms. The van der Waals surface area contributed by atoms with Crippen LogP contribution in [0.5, 0.6) is 0 Å². The second-order valence-electron chi connectivity index (χ2n) is 2.99. The van der Waals surface area contributed by atoms with Gasteiger partial charge in [-0.3, -0.25) is 5.41 Å². The molecule has 96 valence electrons. The van der Waals surface area contributed by atoms with Crippen molar-refractivity contribution in [1.29, 1.82) is 5.41 Å². The van der Waals surface area contributed by atoms with Gasteiger partial charge < -0.3 is 10.5 Å². The molecule has 16 heavy (non-hydrogen) atoms. The average molecular weight is 252 g/mol. The van der Waals surface area contributed by atoms with Crippen LogP contribution >= 0.6 is 0 Å². The Morgan fingerprint density at radius 2 is 1.69 bits per heavy atom. The second kappa shape index (κ2) is 5.37. The predicted octanol–water partition coefficient (Wildman–Crippen LogP) is 2.07. The number of hydrogen-bond acceptors (Lipinski definition) is 2. The zero-order valence-corrected chi connectivity index (χ0v) is 7.95. The van der Waals surface area contributed by atoms with Crippen molar-refractivity contribution in [2.75, 3.05) is 13.2 Å². The van der Waals surface area contributed by atoms with Crippen LogP contribution in [0.15, 0.2) is 0 Å². The van der Waals surface area contributed by atoms with Gasteiger partial charge in [0, 0.05) is 0 Å². The van der Waals surface area contributed by atoms with Gasteiger partial charge in [-0.2, -0.15) is 26.3 Å². The number of nitrogens with one attached hydrogen (secondary N) is 1. The molecular formula is C7H10F6N2O. The number of alkyl halides is 6. The molecule has 0 amide bonds. The summed E-state index contributed by atoms with van der Waals surface area (Å²) < 4.78 is 75.3. The van der Waals surface area contributed by atoms with Gasteiger partial charge in [0.15, 0.2) is 0 Å². The summed E-state index contributed by atoms with van der Waals surface area (Å²) in [5, 5.41) is 6.62. The molecule has 3 N–H and O–H groups in total. The van der Waals surface area contributed by atoms with Crippen molar-refractivity contribution in [3.8, 4) is 0 Å². The van der Waals surface area contributed by atoms with Crippen molar-refractivity contribution in [1.82, 2.24) is 0 Å². The highest BCUT2D eigenvalue weighted by Gasteiger charge is 2.42. The first kappa shape index (κ1) is 15.0. The van der Waals surface area contributed by atoms with Crippen molar-refractivity contribution in [3.05, 3.63) is 0 Å². The maximum Gasteiger partial charge on any atom is 0.400 e. The molecule has 3 nitrogen and oxygen atoms in total. The molecule has 0 spiro atoms. The van der Waals surface area contributed by atoms with Crippen LogP contribution in [0.3, 0.4) is 0 Å². The van der Waals surface area contributed by atoms with Crippen molar-refractivity contribution < 1.29 is 31.1 Å². The summed E-state index contributed by atoms with van der Waals surface area (Å²) in [6.07, 6.45) is -10.6. The molecule has 0 fully saturated rings. The van der Waals surface area contributed by atoms with Crippen molar-refractivity contribution in [3.63, 3.8) is 0 Å². The fraction of sp³-hybridized carbons (Fsp3) is 0.857. The lowest BCUT2D eigenvalue weighted by atomic mass is 10.1. The van der Waals surface area contributed by atoms with Crippen LogP contribution in [0.1, 0.15) is 6.42 Å². The Balaban J connectivity index is 4.02. The van der Waals surface area contributed by atoms with E-state index in [4.69, 9.17) is 5.41 Å². The van der Waals surface area contributed by atoms with Crippen molar-refractivity contribution in [2.24, 2.45) is 11.7 Å². The first-order chi connectivity index (χ1) is 7.04. The molecule has 0 aliphatic rings. The fourth-order valence-corrected chi connectivity index (χ4v) is 0.750. The second-order valence-corrected chi connectivity index (χ2v) is 2.99. The third kappa shape index (κ3) is 6.49. The molecule has 0 saturated carbocycles. The topological polar surface area (TPSA) is 59.1 Å². The Labute approximate surface area is 87.1 Å². The summed E-state index contributed by atoms with van der Waals surface area (Å²) in [7, 11) is 0. The highest BCUT2D eigenvalue weighted by atomic mass is 19.4. The molecule has 1 atom stereocenters. The number of ether oxygens (including phenoxy) is 1. The Hall–Kier alpha value is -0.990. The van der Waals surface area contributed by atoms with E-state index in [9.17, 15) is 26.3 Å². The Morgan fingerprint density at radius 1 is 1.19 bits per heavy atom. The fourth-order valence-electron chi connectivity index (χ4n) is 0.750. The van der Waals surface area contributed by atoms with Crippen LogP contribution in [0.2, 0.25) is 0 Å². The van der Waals surface area contributed by atoms with E-state index in [1.165, 1.54) is 0 Å². The van der Waals surface area contributed by atoms with Gasteiger partial charge in [0.1, 0.15) is 11.8 Å². The first-order valence-electron chi connectivity index (χ1n) is 4.09. The molecule has 0 aliphatic heterocycles. The lowest BCUT2D eigenvalue weighted by Gasteiger charge is -2.18. The number of rotatable bonds is 5. The molecule has 0 heterocycles. The van der Waals surface area contributed by atoms with E-state index in [2.05, 4.69) is 10.5 Å². The van der Waals surface area contributed by atoms with E-state index in [0.717, 1.165) is 0 Å². The molecule has 1 unspecified atom stereocenters. The Bertz CT molecular complexity index is 236. The summed E-state index contributed by atoms with van der Waals surface area (Å²) in [6.45, 7) is -1.96. The van der Waals surface area contributed by atoms with E-state index in [1.807, 2.05) is 0 Å². The van der Waals surface area contributed by atoms with Crippen molar-refractivity contribution in [2.45, 2.75) is 18.8 Å². The monoisotopic (exact) mass is 252 g/mol. The summed E-state index contributed by atoms with van der Waals surface area (Å²) in [5.41, 5.74) is 4.65. The largest absolute Gasteiger partial charge is 0.400 e. The molecule has 0 aromatic rings.